The second-order valence-electron chi connectivity index (χ2n) is 6.56. The predicted octanol–water partition coefficient (Wildman–Crippen LogP) is 2.59. The zero-order valence-electron chi connectivity index (χ0n) is 15.4. The molecule has 2 aromatic rings. The number of carbonyl (C=O) groups is 1. The first-order valence-electron chi connectivity index (χ1n) is 8.86. The summed E-state index contributed by atoms with van der Waals surface area (Å²) in [6.07, 6.45) is 0. The minimum Gasteiger partial charge on any atom is -0.480 e. The topological polar surface area (TPSA) is 87.2 Å². The first-order valence-corrected chi connectivity index (χ1v) is 10.8. The number of sulfonamides is 1. The summed E-state index contributed by atoms with van der Waals surface area (Å²) in [6.45, 7) is 0.822. The van der Waals surface area contributed by atoms with Crippen LogP contribution in [0.1, 0.15) is 5.56 Å². The minimum atomic E-state index is -3.55. The first kappa shape index (κ1) is 21.4. The van der Waals surface area contributed by atoms with Gasteiger partial charge >= 0.3 is 5.97 Å². The molecular formula is C19H20ClFN2O5S. The van der Waals surface area contributed by atoms with Gasteiger partial charge in [0.25, 0.3) is 0 Å². The van der Waals surface area contributed by atoms with Crippen LogP contribution in [0.2, 0.25) is 5.02 Å². The second kappa shape index (κ2) is 8.98. The highest BCUT2D eigenvalue weighted by Crippen LogP contribution is 2.32. The summed E-state index contributed by atoms with van der Waals surface area (Å²) in [4.78, 5) is 12.7. The standard InChI is InChI=1S/C19H20ClFN2O5S/c20-15-3-6-18(28-12-19(24)25)17(11-15)22-7-9-23(10-8-22)29(26,27)13-14-1-4-16(21)5-2-14/h1-6,11H,7-10,12-13H2,(H,24,25). The normalized spacial score (nSPS) is 15.3. The van der Waals surface area contributed by atoms with E-state index in [1.807, 2.05) is 4.90 Å². The van der Waals surface area contributed by atoms with Gasteiger partial charge in [-0.1, -0.05) is 23.7 Å². The van der Waals surface area contributed by atoms with Gasteiger partial charge in [0.15, 0.2) is 6.61 Å². The number of halogens is 2. The summed E-state index contributed by atoms with van der Waals surface area (Å²) in [5, 5.41) is 9.30. The number of ether oxygens (including phenoxy) is 1. The molecule has 0 radical (unpaired) electrons. The molecule has 1 aliphatic rings. The van der Waals surface area contributed by atoms with Crippen LogP contribution in [-0.4, -0.2) is 56.6 Å². The number of nitrogens with zero attached hydrogens (tertiary/aromatic N) is 2. The average Bonchev–Trinajstić information content (AvgIpc) is 2.68. The fraction of sp³-hybridized carbons (Fsp3) is 0.316. The third-order valence-electron chi connectivity index (χ3n) is 4.51. The summed E-state index contributed by atoms with van der Waals surface area (Å²) in [6, 6.07) is 10.3. The monoisotopic (exact) mass is 442 g/mol. The lowest BCUT2D eigenvalue weighted by Crippen LogP contribution is -2.49. The minimum absolute atomic E-state index is 0.197. The van der Waals surface area contributed by atoms with Crippen molar-refractivity contribution in [3.63, 3.8) is 0 Å². The molecule has 0 saturated carbocycles. The Morgan fingerprint density at radius 3 is 2.38 bits per heavy atom. The van der Waals surface area contributed by atoms with E-state index in [0.717, 1.165) is 0 Å². The van der Waals surface area contributed by atoms with Crippen molar-refractivity contribution in [1.29, 1.82) is 0 Å². The van der Waals surface area contributed by atoms with Crippen molar-refractivity contribution in [2.75, 3.05) is 37.7 Å². The SMILES string of the molecule is O=C(O)COc1ccc(Cl)cc1N1CCN(S(=O)(=O)Cc2ccc(F)cc2)CC1. The van der Waals surface area contributed by atoms with Crippen molar-refractivity contribution in [2.24, 2.45) is 0 Å². The summed E-state index contributed by atoms with van der Waals surface area (Å²) < 4.78 is 45.1. The number of rotatable bonds is 7. The lowest BCUT2D eigenvalue weighted by molar-refractivity contribution is -0.139. The van der Waals surface area contributed by atoms with Crippen LogP contribution < -0.4 is 9.64 Å². The molecule has 156 valence electrons. The van der Waals surface area contributed by atoms with Gasteiger partial charge in [-0.15, -0.1) is 0 Å². The molecule has 10 heteroatoms. The summed E-state index contributed by atoms with van der Waals surface area (Å²) in [5.41, 5.74) is 1.14. The molecule has 1 aliphatic heterocycles. The molecule has 1 saturated heterocycles. The Balaban J connectivity index is 1.67. The van der Waals surface area contributed by atoms with Crippen LogP contribution in [0.15, 0.2) is 42.5 Å². The summed E-state index contributed by atoms with van der Waals surface area (Å²) in [5.74, 6) is -1.33. The fourth-order valence-corrected chi connectivity index (χ4v) is 4.77. The fourth-order valence-electron chi connectivity index (χ4n) is 3.09. The van der Waals surface area contributed by atoms with Gasteiger partial charge in [-0.05, 0) is 35.9 Å². The molecule has 0 amide bonds. The molecule has 0 unspecified atom stereocenters. The lowest BCUT2D eigenvalue weighted by atomic mass is 10.2. The van der Waals surface area contributed by atoms with E-state index in [-0.39, 0.29) is 18.8 Å². The van der Waals surface area contributed by atoms with Gasteiger partial charge in [0.1, 0.15) is 11.6 Å². The van der Waals surface area contributed by atoms with Crippen LogP contribution in [0, 0.1) is 5.82 Å². The van der Waals surface area contributed by atoms with Crippen LogP contribution >= 0.6 is 11.6 Å². The molecule has 0 aromatic heterocycles. The molecule has 0 spiro atoms. The van der Waals surface area contributed by atoms with E-state index in [4.69, 9.17) is 21.4 Å². The zero-order chi connectivity index (χ0) is 21.0. The Bertz CT molecular complexity index is 977. The van der Waals surface area contributed by atoms with Gasteiger partial charge in [0.2, 0.25) is 10.0 Å². The summed E-state index contributed by atoms with van der Waals surface area (Å²) in [7, 11) is -3.55. The second-order valence-corrected chi connectivity index (χ2v) is 8.97. The highest BCUT2D eigenvalue weighted by molar-refractivity contribution is 7.88. The van der Waals surface area contributed by atoms with E-state index < -0.39 is 28.4 Å². The number of carboxylic acid groups (broad SMARTS) is 1. The van der Waals surface area contributed by atoms with E-state index in [2.05, 4.69) is 0 Å². The maximum absolute atomic E-state index is 13.0. The van der Waals surface area contributed by atoms with Crippen molar-refractivity contribution in [3.8, 4) is 5.75 Å². The first-order chi connectivity index (χ1) is 13.7. The molecule has 0 aliphatic carbocycles. The van der Waals surface area contributed by atoms with Crippen LogP contribution in [0.25, 0.3) is 0 Å². The molecule has 3 rings (SSSR count). The molecule has 1 heterocycles. The third-order valence-corrected chi connectivity index (χ3v) is 6.59. The van der Waals surface area contributed by atoms with Crippen LogP contribution in [0.4, 0.5) is 10.1 Å². The Morgan fingerprint density at radius 2 is 1.76 bits per heavy atom. The Labute approximate surface area is 173 Å². The van der Waals surface area contributed by atoms with Crippen molar-refractivity contribution in [3.05, 3.63) is 58.9 Å². The van der Waals surface area contributed by atoms with Crippen LogP contribution in [-0.2, 0) is 20.6 Å². The average molecular weight is 443 g/mol. The van der Waals surface area contributed by atoms with E-state index in [0.29, 0.717) is 35.1 Å². The van der Waals surface area contributed by atoms with E-state index >= 15 is 0 Å². The van der Waals surface area contributed by atoms with E-state index in [1.165, 1.54) is 28.6 Å². The molecule has 1 N–H and O–H groups in total. The number of carboxylic acids is 1. The van der Waals surface area contributed by atoms with Crippen LogP contribution in [0.5, 0.6) is 5.75 Å². The lowest BCUT2D eigenvalue weighted by Gasteiger charge is -2.36. The molecule has 2 aromatic carbocycles. The molecule has 0 bridgehead atoms. The number of aliphatic carboxylic acids is 1. The zero-order valence-corrected chi connectivity index (χ0v) is 17.0. The maximum atomic E-state index is 13.0. The van der Waals surface area contributed by atoms with Gasteiger partial charge in [-0.25, -0.2) is 17.6 Å². The smallest absolute Gasteiger partial charge is 0.341 e. The quantitative estimate of drug-likeness (QED) is 0.709. The third kappa shape index (κ3) is 5.59. The van der Waals surface area contributed by atoms with Crippen molar-refractivity contribution >= 4 is 33.3 Å². The molecule has 29 heavy (non-hydrogen) atoms. The number of piperazine rings is 1. The highest BCUT2D eigenvalue weighted by Gasteiger charge is 2.28. The predicted molar refractivity (Wildman–Crippen MR) is 107 cm³/mol. The molecule has 1 fully saturated rings. The number of hydrogen-bond donors (Lipinski definition) is 1. The largest absolute Gasteiger partial charge is 0.480 e. The molecule has 7 nitrogen and oxygen atoms in total. The van der Waals surface area contributed by atoms with Gasteiger partial charge < -0.3 is 14.7 Å². The van der Waals surface area contributed by atoms with Gasteiger partial charge in [0, 0.05) is 31.2 Å². The Hall–Kier alpha value is -2.36. The summed E-state index contributed by atoms with van der Waals surface area (Å²) >= 11 is 6.07. The van der Waals surface area contributed by atoms with Crippen molar-refractivity contribution in [2.45, 2.75) is 5.75 Å². The van der Waals surface area contributed by atoms with Gasteiger partial charge in [-0.3, -0.25) is 0 Å². The van der Waals surface area contributed by atoms with Gasteiger partial charge in [0.05, 0.1) is 11.4 Å². The van der Waals surface area contributed by atoms with Crippen molar-refractivity contribution in [1.82, 2.24) is 4.31 Å². The van der Waals surface area contributed by atoms with Crippen molar-refractivity contribution < 1.29 is 27.4 Å². The Morgan fingerprint density at radius 1 is 1.10 bits per heavy atom. The maximum Gasteiger partial charge on any atom is 0.341 e. The van der Waals surface area contributed by atoms with Crippen LogP contribution in [0.3, 0.4) is 0 Å². The molecular weight excluding hydrogens is 423 g/mol. The number of hydrogen-bond acceptors (Lipinski definition) is 5. The van der Waals surface area contributed by atoms with Gasteiger partial charge in [-0.2, -0.15) is 4.31 Å². The number of benzene rings is 2. The highest BCUT2D eigenvalue weighted by atomic mass is 35.5. The van der Waals surface area contributed by atoms with E-state index in [9.17, 15) is 17.6 Å². The van der Waals surface area contributed by atoms with E-state index in [1.54, 1.807) is 18.2 Å². The molecule has 0 atom stereocenters. The Kier molecular flexibility index (Phi) is 6.61. The number of anilines is 1.